The molecule has 27 heavy (non-hydrogen) atoms. The minimum absolute atomic E-state index is 0.0462. The fourth-order valence-electron chi connectivity index (χ4n) is 2.64. The van der Waals surface area contributed by atoms with Gasteiger partial charge in [0.2, 0.25) is 0 Å². The van der Waals surface area contributed by atoms with E-state index in [4.69, 9.17) is 26.2 Å². The molecule has 0 aliphatic carbocycles. The maximum atomic E-state index is 13.4. The summed E-state index contributed by atoms with van der Waals surface area (Å²) in [5.41, 5.74) is 2.13. The van der Waals surface area contributed by atoms with Crippen LogP contribution in [0.2, 0.25) is 5.02 Å². The second kappa shape index (κ2) is 8.10. The molecule has 0 amide bonds. The lowest BCUT2D eigenvalue weighted by Gasteiger charge is -2.11. The molecule has 0 radical (unpaired) electrons. The second-order valence-corrected chi connectivity index (χ2v) is 6.25. The molecule has 0 heterocycles. The molecule has 0 unspecified atom stereocenters. The van der Waals surface area contributed by atoms with Gasteiger partial charge in [0.15, 0.2) is 0 Å². The number of hydrogen-bond donors (Lipinski definition) is 1. The number of aliphatic carboxylic acids is 1. The maximum absolute atomic E-state index is 13.4. The zero-order valence-corrected chi connectivity index (χ0v) is 15.2. The fourth-order valence-corrected chi connectivity index (χ4v) is 2.82. The second-order valence-electron chi connectivity index (χ2n) is 5.85. The molecule has 3 aromatic rings. The lowest BCUT2D eigenvalue weighted by molar-refractivity contribution is -0.136. The first-order valence-electron chi connectivity index (χ1n) is 8.07. The SMILES string of the molecule is COc1cc(CC(=O)O)cc(Oc2cccc(-c3ccc(F)c(Cl)c3)c2)c1. The van der Waals surface area contributed by atoms with Crippen LogP contribution in [0.3, 0.4) is 0 Å². The van der Waals surface area contributed by atoms with Gasteiger partial charge in [0.1, 0.15) is 23.1 Å². The predicted molar refractivity (Wildman–Crippen MR) is 101 cm³/mol. The average Bonchev–Trinajstić information content (AvgIpc) is 2.63. The van der Waals surface area contributed by atoms with Gasteiger partial charge in [-0.3, -0.25) is 4.79 Å². The summed E-state index contributed by atoms with van der Waals surface area (Å²) in [7, 11) is 1.50. The summed E-state index contributed by atoms with van der Waals surface area (Å²) in [5.74, 6) is 0.0899. The predicted octanol–water partition coefficient (Wildman–Crippen LogP) is 5.57. The highest BCUT2D eigenvalue weighted by Crippen LogP contribution is 2.31. The third-order valence-electron chi connectivity index (χ3n) is 3.85. The summed E-state index contributed by atoms with van der Waals surface area (Å²) in [5, 5.41) is 9.04. The van der Waals surface area contributed by atoms with Crippen molar-refractivity contribution in [3.05, 3.63) is 77.1 Å². The van der Waals surface area contributed by atoms with Crippen molar-refractivity contribution in [2.75, 3.05) is 7.11 Å². The van der Waals surface area contributed by atoms with Crippen molar-refractivity contribution in [2.24, 2.45) is 0 Å². The monoisotopic (exact) mass is 386 g/mol. The van der Waals surface area contributed by atoms with Crippen LogP contribution in [0.1, 0.15) is 5.56 Å². The van der Waals surface area contributed by atoms with Crippen molar-refractivity contribution in [3.63, 3.8) is 0 Å². The van der Waals surface area contributed by atoms with Crippen molar-refractivity contribution in [3.8, 4) is 28.4 Å². The molecule has 6 heteroatoms. The summed E-state index contributed by atoms with van der Waals surface area (Å²) in [6.07, 6.45) is -0.137. The van der Waals surface area contributed by atoms with Crippen LogP contribution in [-0.2, 0) is 11.2 Å². The zero-order valence-electron chi connectivity index (χ0n) is 14.4. The summed E-state index contributed by atoms with van der Waals surface area (Å²) < 4.78 is 24.5. The van der Waals surface area contributed by atoms with Crippen LogP contribution in [0.25, 0.3) is 11.1 Å². The number of carboxylic acid groups (broad SMARTS) is 1. The highest BCUT2D eigenvalue weighted by Gasteiger charge is 2.09. The fraction of sp³-hybridized carbons (Fsp3) is 0.0952. The molecule has 0 saturated heterocycles. The standard InChI is InChI=1S/C21H16ClFO4/c1-26-17-7-13(9-21(24)25)8-18(12-17)27-16-4-2-3-14(10-16)15-5-6-20(23)19(22)11-15/h2-8,10-12H,9H2,1H3,(H,24,25). The Labute approximate surface area is 160 Å². The first-order valence-corrected chi connectivity index (χ1v) is 8.45. The van der Waals surface area contributed by atoms with Crippen molar-refractivity contribution >= 4 is 17.6 Å². The molecule has 0 aliphatic rings. The van der Waals surface area contributed by atoms with Crippen LogP contribution in [0.4, 0.5) is 4.39 Å². The van der Waals surface area contributed by atoms with Crippen LogP contribution in [0.15, 0.2) is 60.7 Å². The molecular weight excluding hydrogens is 371 g/mol. The summed E-state index contributed by atoms with van der Waals surface area (Å²) in [6, 6.07) is 16.7. The van der Waals surface area contributed by atoms with Crippen LogP contribution in [0.5, 0.6) is 17.2 Å². The van der Waals surface area contributed by atoms with Gasteiger partial charge in [0, 0.05) is 6.07 Å². The molecule has 0 bridgehead atoms. The Morgan fingerprint density at radius 2 is 1.74 bits per heavy atom. The molecular formula is C21H16ClFO4. The van der Waals surface area contributed by atoms with Gasteiger partial charge in [-0.05, 0) is 53.1 Å². The zero-order chi connectivity index (χ0) is 19.4. The van der Waals surface area contributed by atoms with Crippen molar-refractivity contribution in [1.82, 2.24) is 0 Å². The molecule has 1 N–H and O–H groups in total. The van der Waals surface area contributed by atoms with E-state index in [-0.39, 0.29) is 11.4 Å². The third-order valence-corrected chi connectivity index (χ3v) is 4.14. The van der Waals surface area contributed by atoms with Gasteiger partial charge >= 0.3 is 5.97 Å². The lowest BCUT2D eigenvalue weighted by Crippen LogP contribution is -2.00. The molecule has 0 aromatic heterocycles. The van der Waals surface area contributed by atoms with Crippen molar-refractivity contribution in [2.45, 2.75) is 6.42 Å². The van der Waals surface area contributed by atoms with E-state index < -0.39 is 11.8 Å². The normalized spacial score (nSPS) is 10.5. The van der Waals surface area contributed by atoms with Gasteiger partial charge in [0.25, 0.3) is 0 Å². The number of halogens is 2. The van der Waals surface area contributed by atoms with Crippen molar-refractivity contribution in [1.29, 1.82) is 0 Å². The molecule has 138 valence electrons. The van der Waals surface area contributed by atoms with Gasteiger partial charge < -0.3 is 14.6 Å². The molecule has 0 fully saturated rings. The first kappa shape index (κ1) is 18.7. The highest BCUT2D eigenvalue weighted by molar-refractivity contribution is 6.31. The minimum atomic E-state index is -0.940. The molecule has 3 aromatic carbocycles. The quantitative estimate of drug-likeness (QED) is 0.601. The average molecular weight is 387 g/mol. The topological polar surface area (TPSA) is 55.8 Å². The Bertz CT molecular complexity index is 988. The van der Waals surface area contributed by atoms with E-state index in [9.17, 15) is 9.18 Å². The van der Waals surface area contributed by atoms with Gasteiger partial charge in [-0.25, -0.2) is 4.39 Å². The summed E-state index contributed by atoms with van der Waals surface area (Å²) >= 11 is 5.86. The first-order chi connectivity index (χ1) is 12.9. The number of hydrogen-bond acceptors (Lipinski definition) is 3. The lowest BCUT2D eigenvalue weighted by atomic mass is 10.1. The number of rotatable bonds is 6. The molecule has 0 saturated carbocycles. The van der Waals surface area contributed by atoms with Crippen LogP contribution < -0.4 is 9.47 Å². The number of methoxy groups -OCH3 is 1. The number of carbonyl (C=O) groups is 1. The molecule has 0 spiro atoms. The van der Waals surface area contributed by atoms with E-state index in [1.54, 1.807) is 48.5 Å². The molecule has 4 nitrogen and oxygen atoms in total. The largest absolute Gasteiger partial charge is 0.497 e. The van der Waals surface area contributed by atoms with Crippen molar-refractivity contribution < 1.29 is 23.8 Å². The van der Waals surface area contributed by atoms with Crippen LogP contribution >= 0.6 is 11.6 Å². The van der Waals surface area contributed by atoms with E-state index >= 15 is 0 Å². The van der Waals surface area contributed by atoms with Gasteiger partial charge in [-0.2, -0.15) is 0 Å². The maximum Gasteiger partial charge on any atom is 0.307 e. The van der Waals surface area contributed by atoms with Gasteiger partial charge in [-0.15, -0.1) is 0 Å². The van der Waals surface area contributed by atoms with E-state index in [1.165, 1.54) is 13.2 Å². The smallest absolute Gasteiger partial charge is 0.307 e. The Hall–Kier alpha value is -3.05. The van der Waals surface area contributed by atoms with E-state index in [2.05, 4.69) is 0 Å². The number of ether oxygens (including phenoxy) is 2. The van der Waals surface area contributed by atoms with Gasteiger partial charge in [0.05, 0.1) is 18.6 Å². The summed E-state index contributed by atoms with van der Waals surface area (Å²) in [6.45, 7) is 0. The Balaban J connectivity index is 1.90. The Morgan fingerprint density at radius 3 is 2.44 bits per heavy atom. The van der Waals surface area contributed by atoms with Gasteiger partial charge in [-0.1, -0.05) is 29.8 Å². The van der Waals surface area contributed by atoms with E-state index in [1.807, 2.05) is 6.07 Å². The number of carboxylic acids is 1. The molecule has 0 atom stereocenters. The van der Waals surface area contributed by atoms with Crippen LogP contribution in [0, 0.1) is 5.82 Å². The highest BCUT2D eigenvalue weighted by atomic mass is 35.5. The third kappa shape index (κ3) is 4.77. The molecule has 0 aliphatic heterocycles. The Kier molecular flexibility index (Phi) is 5.62. The minimum Gasteiger partial charge on any atom is -0.497 e. The summed E-state index contributed by atoms with van der Waals surface area (Å²) in [4.78, 5) is 11.0. The van der Waals surface area contributed by atoms with Crippen LogP contribution in [-0.4, -0.2) is 18.2 Å². The Morgan fingerprint density at radius 1 is 1.00 bits per heavy atom. The molecule has 3 rings (SSSR count). The van der Waals surface area contributed by atoms with E-state index in [0.29, 0.717) is 22.8 Å². The number of benzene rings is 3. The van der Waals surface area contributed by atoms with E-state index in [0.717, 1.165) is 11.1 Å².